The molecule has 0 spiro atoms. The third-order valence-electron chi connectivity index (χ3n) is 6.67. The monoisotopic (exact) mass is 494 g/mol. The number of hydrogen-bond donors (Lipinski definition) is 1. The number of hydrogen-bond acceptors (Lipinski definition) is 6. The highest BCUT2D eigenvalue weighted by molar-refractivity contribution is 7.91. The van der Waals surface area contributed by atoms with E-state index in [9.17, 15) is 18.0 Å². The largest absolute Gasteiger partial charge is 0.445 e. The van der Waals surface area contributed by atoms with Gasteiger partial charge in [-0.05, 0) is 64.9 Å². The van der Waals surface area contributed by atoms with Crippen molar-refractivity contribution in [2.75, 3.05) is 12.3 Å². The zero-order valence-corrected chi connectivity index (χ0v) is 21.4. The predicted molar refractivity (Wildman–Crippen MR) is 130 cm³/mol. The SMILES string of the molecule is CC(C)O[C@H]1CC[C@H](N2CC[C@H](NC(=O)OCc3ccccc3)C2=O)[C@H](CS(=O)(=O)C(C)C)C1. The second-order valence-electron chi connectivity index (χ2n) is 9.90. The highest BCUT2D eigenvalue weighted by Crippen LogP contribution is 2.34. The fourth-order valence-corrected chi connectivity index (χ4v) is 6.21. The van der Waals surface area contributed by atoms with E-state index in [1.54, 1.807) is 18.7 Å². The second kappa shape index (κ2) is 11.5. The minimum Gasteiger partial charge on any atom is -0.445 e. The van der Waals surface area contributed by atoms with Crippen LogP contribution in [0.1, 0.15) is 58.9 Å². The van der Waals surface area contributed by atoms with Crippen molar-refractivity contribution in [3.63, 3.8) is 0 Å². The van der Waals surface area contributed by atoms with Crippen LogP contribution < -0.4 is 5.32 Å². The van der Waals surface area contributed by atoms with Gasteiger partial charge in [-0.25, -0.2) is 13.2 Å². The second-order valence-corrected chi connectivity index (χ2v) is 12.5. The molecule has 1 saturated carbocycles. The Hall–Kier alpha value is -2.13. The number of alkyl carbamates (subject to hydrolysis) is 1. The molecule has 1 saturated heterocycles. The Balaban J connectivity index is 1.63. The molecule has 1 aliphatic carbocycles. The molecule has 2 fully saturated rings. The van der Waals surface area contributed by atoms with Gasteiger partial charge >= 0.3 is 6.09 Å². The first kappa shape index (κ1) is 26.5. The molecule has 1 heterocycles. The molecule has 0 bridgehead atoms. The van der Waals surface area contributed by atoms with Crippen LogP contribution in [0.2, 0.25) is 0 Å². The summed E-state index contributed by atoms with van der Waals surface area (Å²) in [4.78, 5) is 27.2. The first-order chi connectivity index (χ1) is 16.1. The summed E-state index contributed by atoms with van der Waals surface area (Å²) >= 11 is 0. The van der Waals surface area contributed by atoms with E-state index in [0.29, 0.717) is 25.8 Å². The molecule has 2 aliphatic rings. The van der Waals surface area contributed by atoms with E-state index < -0.39 is 27.2 Å². The Morgan fingerprint density at radius 2 is 1.82 bits per heavy atom. The average molecular weight is 495 g/mol. The smallest absolute Gasteiger partial charge is 0.408 e. The van der Waals surface area contributed by atoms with E-state index in [1.807, 2.05) is 44.2 Å². The third kappa shape index (κ3) is 6.95. The maximum absolute atomic E-state index is 13.2. The maximum atomic E-state index is 13.2. The van der Waals surface area contributed by atoms with Gasteiger partial charge in [-0.15, -0.1) is 0 Å². The van der Waals surface area contributed by atoms with Gasteiger partial charge in [0.2, 0.25) is 5.91 Å². The Morgan fingerprint density at radius 1 is 1.12 bits per heavy atom. The Labute approximate surface area is 203 Å². The van der Waals surface area contributed by atoms with E-state index in [2.05, 4.69) is 5.32 Å². The minimum absolute atomic E-state index is 0.0109. The summed E-state index contributed by atoms with van der Waals surface area (Å²) in [5.41, 5.74) is 0.867. The number of nitrogens with zero attached hydrogens (tertiary/aromatic N) is 1. The minimum atomic E-state index is -3.28. The summed E-state index contributed by atoms with van der Waals surface area (Å²) in [6, 6.07) is 8.51. The number of rotatable bonds is 9. The highest BCUT2D eigenvalue weighted by Gasteiger charge is 2.44. The first-order valence-corrected chi connectivity index (χ1v) is 13.9. The van der Waals surface area contributed by atoms with Gasteiger partial charge in [0.1, 0.15) is 12.6 Å². The zero-order valence-electron chi connectivity index (χ0n) is 20.6. The van der Waals surface area contributed by atoms with Crippen molar-refractivity contribution in [3.8, 4) is 0 Å². The predicted octanol–water partition coefficient (Wildman–Crippen LogP) is 3.30. The lowest BCUT2D eigenvalue weighted by molar-refractivity contribution is -0.134. The van der Waals surface area contributed by atoms with Crippen LogP contribution in [0.3, 0.4) is 0 Å². The molecule has 0 radical (unpaired) electrons. The summed E-state index contributed by atoms with van der Waals surface area (Å²) < 4.78 is 36.8. The molecule has 8 nitrogen and oxygen atoms in total. The van der Waals surface area contributed by atoms with Gasteiger partial charge in [-0.1, -0.05) is 30.3 Å². The Morgan fingerprint density at radius 3 is 2.47 bits per heavy atom. The van der Waals surface area contributed by atoms with Gasteiger partial charge in [0.15, 0.2) is 9.84 Å². The molecular weight excluding hydrogens is 456 g/mol. The van der Waals surface area contributed by atoms with E-state index in [1.165, 1.54) is 0 Å². The van der Waals surface area contributed by atoms with Crippen LogP contribution in [-0.2, 0) is 30.7 Å². The quantitative estimate of drug-likeness (QED) is 0.565. The topological polar surface area (TPSA) is 102 Å². The van der Waals surface area contributed by atoms with E-state index >= 15 is 0 Å². The van der Waals surface area contributed by atoms with Crippen molar-refractivity contribution in [1.82, 2.24) is 10.2 Å². The fraction of sp³-hybridized carbons (Fsp3) is 0.680. The number of likely N-dealkylation sites (tertiary alicyclic amines) is 1. The molecular formula is C25H38N2O6S. The lowest BCUT2D eigenvalue weighted by atomic mass is 9.83. The first-order valence-electron chi connectivity index (χ1n) is 12.2. The number of carbonyl (C=O) groups excluding carboxylic acids is 2. The maximum Gasteiger partial charge on any atom is 0.408 e. The van der Waals surface area contributed by atoms with Crippen molar-refractivity contribution < 1.29 is 27.5 Å². The number of nitrogens with one attached hydrogen (secondary N) is 1. The molecule has 0 unspecified atom stereocenters. The van der Waals surface area contributed by atoms with Crippen LogP contribution >= 0.6 is 0 Å². The molecule has 1 aromatic carbocycles. The van der Waals surface area contributed by atoms with Crippen molar-refractivity contribution in [1.29, 1.82) is 0 Å². The van der Waals surface area contributed by atoms with Crippen LogP contribution in [0.5, 0.6) is 0 Å². The Bertz CT molecular complexity index is 934. The van der Waals surface area contributed by atoms with Crippen LogP contribution in [0.4, 0.5) is 4.79 Å². The number of benzene rings is 1. The number of ether oxygens (including phenoxy) is 2. The zero-order chi connectivity index (χ0) is 24.9. The van der Waals surface area contributed by atoms with Gasteiger partial charge in [0.05, 0.1) is 23.2 Å². The summed E-state index contributed by atoms with van der Waals surface area (Å²) in [5.74, 6) is -0.330. The number of amides is 2. The van der Waals surface area contributed by atoms with Crippen molar-refractivity contribution in [2.24, 2.45) is 5.92 Å². The summed E-state index contributed by atoms with van der Waals surface area (Å²) in [7, 11) is -3.28. The summed E-state index contributed by atoms with van der Waals surface area (Å²) in [6.45, 7) is 7.95. The molecule has 34 heavy (non-hydrogen) atoms. The third-order valence-corrected chi connectivity index (χ3v) is 9.00. The van der Waals surface area contributed by atoms with Crippen LogP contribution in [-0.4, -0.2) is 67.2 Å². The van der Waals surface area contributed by atoms with Crippen LogP contribution in [0.15, 0.2) is 30.3 Å². The average Bonchev–Trinajstić information content (AvgIpc) is 3.12. The van der Waals surface area contributed by atoms with Crippen LogP contribution in [0.25, 0.3) is 0 Å². The molecule has 1 N–H and O–H groups in total. The molecule has 190 valence electrons. The van der Waals surface area contributed by atoms with Gasteiger partial charge in [0.25, 0.3) is 0 Å². The van der Waals surface area contributed by atoms with Crippen LogP contribution in [0, 0.1) is 5.92 Å². The van der Waals surface area contributed by atoms with E-state index in [0.717, 1.165) is 12.0 Å². The van der Waals surface area contributed by atoms with Gasteiger partial charge in [0, 0.05) is 12.6 Å². The van der Waals surface area contributed by atoms with E-state index in [-0.39, 0.29) is 42.4 Å². The molecule has 2 amide bonds. The Kier molecular flexibility index (Phi) is 8.98. The molecule has 1 aromatic rings. The highest BCUT2D eigenvalue weighted by atomic mass is 32.2. The summed E-state index contributed by atoms with van der Waals surface area (Å²) in [5, 5.41) is 2.22. The van der Waals surface area contributed by atoms with Gasteiger partial charge < -0.3 is 19.7 Å². The normalized spacial score (nSPS) is 25.7. The van der Waals surface area contributed by atoms with Crippen molar-refractivity contribution in [2.45, 2.75) is 89.5 Å². The molecule has 1 aliphatic heterocycles. The molecule has 4 atom stereocenters. The standard InChI is InChI=1S/C25H38N2O6S/c1-17(2)33-21-10-11-23(20(14-21)16-34(30,31)18(3)4)27-13-12-22(24(27)28)26-25(29)32-15-19-8-6-5-7-9-19/h5-9,17-18,20-23H,10-16H2,1-4H3,(H,26,29)/t20-,21-,22-,23-/m0/s1. The molecule has 3 rings (SSSR count). The molecule has 0 aromatic heterocycles. The molecule has 9 heteroatoms. The fourth-order valence-electron chi connectivity index (χ4n) is 4.87. The number of carbonyl (C=O) groups is 2. The number of sulfone groups is 1. The lowest BCUT2D eigenvalue weighted by Crippen LogP contribution is -2.51. The van der Waals surface area contributed by atoms with Gasteiger partial charge in [-0.2, -0.15) is 0 Å². The van der Waals surface area contributed by atoms with E-state index in [4.69, 9.17) is 9.47 Å². The van der Waals surface area contributed by atoms with Crippen molar-refractivity contribution in [3.05, 3.63) is 35.9 Å². The van der Waals surface area contributed by atoms with Crippen molar-refractivity contribution >= 4 is 21.8 Å². The lowest BCUT2D eigenvalue weighted by Gasteiger charge is -2.41. The summed E-state index contributed by atoms with van der Waals surface area (Å²) in [6.07, 6.45) is 1.98. The van der Waals surface area contributed by atoms with Gasteiger partial charge in [-0.3, -0.25) is 4.79 Å².